The Bertz CT molecular complexity index is 452. The van der Waals surface area contributed by atoms with Crippen molar-refractivity contribution in [3.8, 4) is 0 Å². The molecule has 6 heteroatoms. The first-order valence-corrected chi connectivity index (χ1v) is 8.49. The minimum absolute atomic E-state index is 0.0439. The van der Waals surface area contributed by atoms with Crippen LogP contribution in [0.4, 0.5) is 0 Å². The molecule has 0 aromatic heterocycles. The van der Waals surface area contributed by atoms with Crippen molar-refractivity contribution in [2.24, 2.45) is 21.0 Å². The van der Waals surface area contributed by atoms with E-state index in [1.807, 2.05) is 0 Å². The molecule has 0 spiro atoms. The molecule has 6 atom stereocenters. The van der Waals surface area contributed by atoms with Crippen molar-refractivity contribution in [2.75, 3.05) is 0 Å². The maximum absolute atomic E-state index is 12.1. The van der Waals surface area contributed by atoms with E-state index in [9.17, 15) is 9.59 Å². The van der Waals surface area contributed by atoms with Crippen LogP contribution in [-0.4, -0.2) is 34.8 Å². The number of ether oxygens (including phenoxy) is 2. The first kappa shape index (κ1) is 13.1. The topological polar surface area (TPSA) is 65.0 Å². The molecule has 1 saturated heterocycles. The predicted molar refractivity (Wildman–Crippen MR) is 63.0 cm³/mol. The second-order valence-corrected chi connectivity index (χ2v) is 7.74. The summed E-state index contributed by atoms with van der Waals surface area (Å²) in [6.07, 6.45) is 2.82. The van der Waals surface area contributed by atoms with E-state index in [1.54, 1.807) is 6.08 Å². The summed E-state index contributed by atoms with van der Waals surface area (Å²) >= 11 is -0.712. The maximum atomic E-state index is 12.1. The van der Waals surface area contributed by atoms with Crippen molar-refractivity contribution in [2.45, 2.75) is 29.0 Å². The standard InChI is InChI=1S/C13H15INO4/c1-3-9(14-15-2)13(17)18-10-6-4-7-8(5-6)12(16)19-11(7)10/h3,6-11H,1-2,4-5H2/q-1. The molecule has 0 aromatic rings. The van der Waals surface area contributed by atoms with Gasteiger partial charge in [-0.05, 0) is 0 Å². The Morgan fingerprint density at radius 3 is 3.05 bits per heavy atom. The molecule has 3 rings (SSSR count). The monoisotopic (exact) mass is 376 g/mol. The van der Waals surface area contributed by atoms with Gasteiger partial charge in [0.15, 0.2) is 0 Å². The number of hydrogen-bond donors (Lipinski definition) is 0. The summed E-state index contributed by atoms with van der Waals surface area (Å²) < 4.78 is 14.4. The number of carbonyl (C=O) groups is 2. The second kappa shape index (κ2) is 4.88. The quantitative estimate of drug-likeness (QED) is 0.179. The van der Waals surface area contributed by atoms with Crippen LogP contribution >= 0.6 is 0 Å². The van der Waals surface area contributed by atoms with Crippen LogP contribution in [0.15, 0.2) is 15.9 Å². The summed E-state index contributed by atoms with van der Waals surface area (Å²) in [6.45, 7) is 7.06. The van der Waals surface area contributed by atoms with E-state index in [1.165, 1.54) is 0 Å². The average molecular weight is 376 g/mol. The molecule has 2 aliphatic carbocycles. The predicted octanol–water partition coefficient (Wildman–Crippen LogP) is -2.26. The SMILES string of the molecule is C=CC([I-]N=C)C(=O)OC1C2CC3C(=O)OC1C3C2. The van der Waals surface area contributed by atoms with E-state index in [0.29, 0.717) is 0 Å². The Labute approximate surface area is 122 Å². The fraction of sp³-hybridized carbons (Fsp3) is 0.615. The first-order chi connectivity index (χ1) is 9.15. The zero-order valence-electron chi connectivity index (χ0n) is 10.3. The summed E-state index contributed by atoms with van der Waals surface area (Å²) in [6, 6.07) is 0. The Morgan fingerprint density at radius 2 is 2.37 bits per heavy atom. The van der Waals surface area contributed by atoms with E-state index < -0.39 is 21.5 Å². The van der Waals surface area contributed by atoms with E-state index in [2.05, 4.69) is 16.5 Å². The third-order valence-electron chi connectivity index (χ3n) is 4.27. The molecule has 5 nitrogen and oxygen atoms in total. The fourth-order valence-electron chi connectivity index (χ4n) is 3.51. The van der Waals surface area contributed by atoms with Gasteiger partial charge in [0.05, 0.1) is 0 Å². The molecule has 1 heterocycles. The molecule has 0 N–H and O–H groups in total. The van der Waals surface area contributed by atoms with Gasteiger partial charge >= 0.3 is 122 Å². The van der Waals surface area contributed by atoms with Gasteiger partial charge in [-0.2, -0.15) is 0 Å². The molecular weight excluding hydrogens is 361 g/mol. The van der Waals surface area contributed by atoms with Crippen molar-refractivity contribution in [3.05, 3.63) is 12.7 Å². The zero-order chi connectivity index (χ0) is 13.6. The number of rotatable bonds is 5. The number of fused-ring (bicyclic) bond motifs is 1. The molecule has 6 unspecified atom stereocenters. The van der Waals surface area contributed by atoms with Crippen LogP contribution in [0.2, 0.25) is 0 Å². The molecule has 19 heavy (non-hydrogen) atoms. The van der Waals surface area contributed by atoms with E-state index >= 15 is 0 Å². The molecule has 0 radical (unpaired) electrons. The molecule has 2 bridgehead atoms. The molecule has 0 amide bonds. The van der Waals surface area contributed by atoms with Gasteiger partial charge in [0.25, 0.3) is 0 Å². The van der Waals surface area contributed by atoms with Crippen molar-refractivity contribution >= 4 is 18.7 Å². The molecule has 3 aliphatic rings. The molecule has 3 fully saturated rings. The molecule has 2 saturated carbocycles. The van der Waals surface area contributed by atoms with Gasteiger partial charge in [0, 0.05) is 0 Å². The van der Waals surface area contributed by atoms with Gasteiger partial charge in [0.2, 0.25) is 0 Å². The zero-order valence-corrected chi connectivity index (χ0v) is 12.5. The molecule has 0 aromatic carbocycles. The second-order valence-electron chi connectivity index (χ2n) is 5.16. The van der Waals surface area contributed by atoms with Crippen molar-refractivity contribution in [1.82, 2.24) is 0 Å². The Morgan fingerprint density at radius 1 is 1.58 bits per heavy atom. The van der Waals surface area contributed by atoms with Crippen LogP contribution in [-0.2, 0) is 19.1 Å². The number of hydrogen-bond acceptors (Lipinski definition) is 5. The van der Waals surface area contributed by atoms with Gasteiger partial charge in [-0.3, -0.25) is 0 Å². The Balaban J connectivity index is 1.68. The van der Waals surface area contributed by atoms with E-state index in [4.69, 9.17) is 9.47 Å². The summed E-state index contributed by atoms with van der Waals surface area (Å²) in [7, 11) is 0. The molecular formula is C13H15INO4-. The van der Waals surface area contributed by atoms with Gasteiger partial charge in [-0.1, -0.05) is 0 Å². The summed E-state index contributed by atoms with van der Waals surface area (Å²) in [5.74, 6) is 0.159. The van der Waals surface area contributed by atoms with Crippen LogP contribution in [0.3, 0.4) is 0 Å². The Hall–Kier alpha value is -0.920. The van der Waals surface area contributed by atoms with Gasteiger partial charge in [-0.25, -0.2) is 0 Å². The van der Waals surface area contributed by atoms with Gasteiger partial charge < -0.3 is 0 Å². The van der Waals surface area contributed by atoms with E-state index in [0.717, 1.165) is 12.8 Å². The average Bonchev–Trinajstić information content (AvgIpc) is 3.00. The van der Waals surface area contributed by atoms with Crippen LogP contribution in [0.25, 0.3) is 0 Å². The molecule has 1 aliphatic heterocycles. The first-order valence-electron chi connectivity index (χ1n) is 6.28. The minimum atomic E-state index is -0.712. The fourth-order valence-corrected chi connectivity index (χ4v) is 4.54. The third-order valence-corrected chi connectivity index (χ3v) is 6.28. The number of esters is 2. The summed E-state index contributed by atoms with van der Waals surface area (Å²) in [5, 5.41) is 0. The normalized spacial score (nSPS) is 40.0. The van der Waals surface area contributed by atoms with Crippen LogP contribution in [0, 0.1) is 17.8 Å². The van der Waals surface area contributed by atoms with Crippen molar-refractivity contribution in [3.63, 3.8) is 0 Å². The van der Waals surface area contributed by atoms with Crippen molar-refractivity contribution < 1.29 is 40.5 Å². The summed E-state index contributed by atoms with van der Waals surface area (Å²) in [4.78, 5) is 23.7. The van der Waals surface area contributed by atoms with Gasteiger partial charge in [-0.15, -0.1) is 0 Å². The van der Waals surface area contributed by atoms with E-state index in [-0.39, 0.29) is 45.8 Å². The number of carbonyl (C=O) groups excluding carboxylic acids is 2. The number of halogens is 1. The summed E-state index contributed by atoms with van der Waals surface area (Å²) in [5.41, 5.74) is 0. The number of alkyl halides is 1. The Kier molecular flexibility index (Phi) is 3.36. The number of nitrogens with zero attached hydrogens (tertiary/aromatic N) is 1. The van der Waals surface area contributed by atoms with Crippen LogP contribution in [0.5, 0.6) is 0 Å². The van der Waals surface area contributed by atoms with Crippen LogP contribution in [0.1, 0.15) is 12.8 Å². The van der Waals surface area contributed by atoms with Crippen LogP contribution < -0.4 is 21.5 Å². The van der Waals surface area contributed by atoms with Gasteiger partial charge in [0.1, 0.15) is 0 Å². The molecule has 104 valence electrons. The third kappa shape index (κ3) is 2.00. The van der Waals surface area contributed by atoms with Crippen molar-refractivity contribution in [1.29, 1.82) is 0 Å².